The Balaban J connectivity index is 1.63. The van der Waals surface area contributed by atoms with E-state index in [1.54, 1.807) is 44.6 Å². The number of hydrogen-bond acceptors (Lipinski definition) is 6. The summed E-state index contributed by atoms with van der Waals surface area (Å²) in [5.41, 5.74) is 1.22. The zero-order valence-corrected chi connectivity index (χ0v) is 17.6. The van der Waals surface area contributed by atoms with Crippen LogP contribution in [-0.2, 0) is 14.3 Å². The topological polar surface area (TPSA) is 85.9 Å². The third-order valence-electron chi connectivity index (χ3n) is 4.12. The lowest BCUT2D eigenvalue weighted by atomic mass is 10.2. The van der Waals surface area contributed by atoms with Gasteiger partial charge in [0.2, 0.25) is 11.8 Å². The van der Waals surface area contributed by atoms with Crippen LogP contribution in [-0.4, -0.2) is 44.5 Å². The van der Waals surface area contributed by atoms with Gasteiger partial charge in [-0.25, -0.2) is 0 Å². The summed E-state index contributed by atoms with van der Waals surface area (Å²) in [5, 5.41) is 5.62. The number of amides is 2. The van der Waals surface area contributed by atoms with Crippen LogP contribution in [0.1, 0.15) is 6.42 Å². The van der Waals surface area contributed by atoms with Gasteiger partial charge in [0.05, 0.1) is 24.7 Å². The predicted molar refractivity (Wildman–Crippen MR) is 113 cm³/mol. The molecule has 0 aliphatic carbocycles. The highest BCUT2D eigenvalue weighted by atomic mass is 35.5. The van der Waals surface area contributed by atoms with E-state index in [0.717, 1.165) is 4.90 Å². The van der Waals surface area contributed by atoms with Crippen molar-refractivity contribution in [1.29, 1.82) is 0 Å². The summed E-state index contributed by atoms with van der Waals surface area (Å²) in [5.74, 6) is 0.552. The molecular formula is C20H21ClN2O5S. The van der Waals surface area contributed by atoms with E-state index in [0.29, 0.717) is 41.1 Å². The molecular weight excluding hydrogens is 416 g/mol. The summed E-state index contributed by atoms with van der Waals surface area (Å²) >= 11 is 7.30. The van der Waals surface area contributed by atoms with Crippen LogP contribution in [0.5, 0.6) is 11.5 Å². The fraction of sp³-hybridized carbons (Fsp3) is 0.300. The van der Waals surface area contributed by atoms with Crippen molar-refractivity contribution < 1.29 is 23.8 Å². The Hall–Kier alpha value is -2.42. The van der Waals surface area contributed by atoms with E-state index < -0.39 is 5.25 Å². The number of nitrogens with one attached hydrogen (secondary N) is 2. The number of rotatable bonds is 8. The second-order valence-corrected chi connectivity index (χ2v) is 7.88. The maximum atomic E-state index is 12.5. The van der Waals surface area contributed by atoms with Gasteiger partial charge in [0.15, 0.2) is 11.5 Å². The van der Waals surface area contributed by atoms with E-state index in [1.807, 2.05) is 6.07 Å². The molecule has 1 aliphatic heterocycles. The minimum Gasteiger partial charge on any atom is -0.493 e. The van der Waals surface area contributed by atoms with Gasteiger partial charge in [0, 0.05) is 35.2 Å². The molecule has 0 fully saturated rings. The molecule has 1 atom stereocenters. The highest BCUT2D eigenvalue weighted by Crippen LogP contribution is 2.38. The van der Waals surface area contributed by atoms with Crippen LogP contribution in [0.25, 0.3) is 0 Å². The molecule has 0 saturated heterocycles. The van der Waals surface area contributed by atoms with Crippen molar-refractivity contribution in [3.63, 3.8) is 0 Å². The largest absolute Gasteiger partial charge is 0.493 e. The zero-order valence-electron chi connectivity index (χ0n) is 16.0. The highest BCUT2D eigenvalue weighted by Gasteiger charge is 2.29. The van der Waals surface area contributed by atoms with E-state index in [9.17, 15) is 9.59 Å². The van der Waals surface area contributed by atoms with Crippen molar-refractivity contribution in [2.24, 2.45) is 0 Å². The lowest BCUT2D eigenvalue weighted by Crippen LogP contribution is -2.32. The number of ether oxygens (including phenoxy) is 3. The fourth-order valence-corrected chi connectivity index (χ4v) is 4.00. The SMILES string of the molecule is COCCOc1cc(NC(=O)CC2Sc3ccc(Cl)cc3NC2=O)ccc1OC. The molecule has 0 spiro atoms. The lowest BCUT2D eigenvalue weighted by Gasteiger charge is -2.23. The molecule has 1 heterocycles. The molecule has 7 nitrogen and oxygen atoms in total. The molecule has 3 rings (SSSR count). The van der Waals surface area contributed by atoms with Crippen molar-refractivity contribution in [2.45, 2.75) is 16.6 Å². The summed E-state index contributed by atoms with van der Waals surface area (Å²) < 4.78 is 15.9. The van der Waals surface area contributed by atoms with Gasteiger partial charge in [-0.1, -0.05) is 11.6 Å². The number of carbonyl (C=O) groups is 2. The van der Waals surface area contributed by atoms with Crippen molar-refractivity contribution in [3.05, 3.63) is 41.4 Å². The smallest absolute Gasteiger partial charge is 0.238 e. The van der Waals surface area contributed by atoms with Gasteiger partial charge in [-0.15, -0.1) is 11.8 Å². The standard InChI is InChI=1S/C20H21ClN2O5S/c1-26-7-8-28-16-10-13(4-5-15(16)27-2)22-19(24)11-18-20(25)23-14-9-12(21)3-6-17(14)29-18/h3-6,9-10,18H,7-8,11H2,1-2H3,(H,22,24)(H,23,25). The van der Waals surface area contributed by atoms with Gasteiger partial charge in [0.25, 0.3) is 0 Å². The maximum absolute atomic E-state index is 12.5. The number of anilines is 2. The minimum absolute atomic E-state index is 0.0322. The van der Waals surface area contributed by atoms with E-state index in [2.05, 4.69) is 10.6 Å². The van der Waals surface area contributed by atoms with E-state index >= 15 is 0 Å². The Kier molecular flexibility index (Phi) is 7.24. The number of benzene rings is 2. The Morgan fingerprint density at radius 1 is 1.17 bits per heavy atom. The van der Waals surface area contributed by atoms with Crippen molar-refractivity contribution in [3.8, 4) is 11.5 Å². The molecule has 0 saturated carbocycles. The summed E-state index contributed by atoms with van der Waals surface area (Å²) in [6, 6.07) is 10.4. The van der Waals surface area contributed by atoms with Gasteiger partial charge >= 0.3 is 0 Å². The number of fused-ring (bicyclic) bond motifs is 1. The first kappa shape index (κ1) is 21.3. The zero-order chi connectivity index (χ0) is 20.8. The first-order valence-electron chi connectivity index (χ1n) is 8.87. The average Bonchev–Trinajstić information content (AvgIpc) is 2.69. The van der Waals surface area contributed by atoms with Crippen molar-refractivity contribution >= 4 is 46.6 Å². The Labute approximate surface area is 178 Å². The number of halogens is 1. The van der Waals surface area contributed by atoms with Gasteiger partial charge in [-0.3, -0.25) is 9.59 Å². The molecule has 1 unspecified atom stereocenters. The van der Waals surface area contributed by atoms with Crippen LogP contribution >= 0.6 is 23.4 Å². The van der Waals surface area contributed by atoms with E-state index in [4.69, 9.17) is 25.8 Å². The quantitative estimate of drug-likeness (QED) is 0.612. The Bertz CT molecular complexity index is 908. The van der Waals surface area contributed by atoms with Crippen molar-refractivity contribution in [2.75, 3.05) is 38.1 Å². The second-order valence-electron chi connectivity index (χ2n) is 6.20. The minimum atomic E-state index is -0.528. The molecule has 0 bridgehead atoms. The number of carbonyl (C=O) groups excluding carboxylic acids is 2. The van der Waals surface area contributed by atoms with Crippen LogP contribution in [0.4, 0.5) is 11.4 Å². The molecule has 29 heavy (non-hydrogen) atoms. The van der Waals surface area contributed by atoms with E-state index in [1.165, 1.54) is 11.8 Å². The van der Waals surface area contributed by atoms with Gasteiger partial charge in [0.1, 0.15) is 6.61 Å². The first-order valence-corrected chi connectivity index (χ1v) is 10.1. The Morgan fingerprint density at radius 3 is 2.76 bits per heavy atom. The van der Waals surface area contributed by atoms with Crippen LogP contribution in [0, 0.1) is 0 Å². The number of methoxy groups -OCH3 is 2. The monoisotopic (exact) mass is 436 g/mol. The van der Waals surface area contributed by atoms with Crippen LogP contribution in [0.2, 0.25) is 5.02 Å². The molecule has 0 radical (unpaired) electrons. The highest BCUT2D eigenvalue weighted by molar-refractivity contribution is 8.01. The molecule has 2 amide bonds. The summed E-state index contributed by atoms with van der Waals surface area (Å²) in [4.78, 5) is 25.7. The van der Waals surface area contributed by atoms with Crippen molar-refractivity contribution in [1.82, 2.24) is 0 Å². The summed E-state index contributed by atoms with van der Waals surface area (Å²) in [7, 11) is 3.13. The van der Waals surface area contributed by atoms with Gasteiger partial charge in [-0.05, 0) is 30.3 Å². The molecule has 2 N–H and O–H groups in total. The van der Waals surface area contributed by atoms with Gasteiger partial charge in [-0.2, -0.15) is 0 Å². The average molecular weight is 437 g/mol. The third-order valence-corrected chi connectivity index (χ3v) is 5.63. The third kappa shape index (κ3) is 5.56. The maximum Gasteiger partial charge on any atom is 0.238 e. The van der Waals surface area contributed by atoms with Crippen LogP contribution in [0.3, 0.4) is 0 Å². The molecule has 2 aromatic carbocycles. The van der Waals surface area contributed by atoms with Gasteiger partial charge < -0.3 is 24.8 Å². The lowest BCUT2D eigenvalue weighted by molar-refractivity contribution is -0.120. The number of thioether (sulfide) groups is 1. The number of hydrogen-bond donors (Lipinski definition) is 2. The second kappa shape index (κ2) is 9.87. The molecule has 2 aromatic rings. The molecule has 0 aromatic heterocycles. The van der Waals surface area contributed by atoms with Crippen LogP contribution in [0.15, 0.2) is 41.3 Å². The normalized spacial score (nSPS) is 15.3. The Morgan fingerprint density at radius 2 is 2.00 bits per heavy atom. The van der Waals surface area contributed by atoms with E-state index in [-0.39, 0.29) is 18.2 Å². The van der Waals surface area contributed by atoms with Crippen LogP contribution < -0.4 is 20.1 Å². The summed E-state index contributed by atoms with van der Waals surface area (Å²) in [6.45, 7) is 0.785. The predicted octanol–water partition coefficient (Wildman–Crippen LogP) is 3.82. The molecule has 154 valence electrons. The molecule has 9 heteroatoms. The first-order chi connectivity index (χ1) is 14.0. The fourth-order valence-electron chi connectivity index (χ4n) is 2.74. The summed E-state index contributed by atoms with van der Waals surface area (Å²) in [6.07, 6.45) is 0.0322. The molecule has 1 aliphatic rings.